The van der Waals surface area contributed by atoms with Gasteiger partial charge in [-0.1, -0.05) is 12.1 Å². The summed E-state index contributed by atoms with van der Waals surface area (Å²) in [4.78, 5) is 17.3. The third-order valence-corrected chi connectivity index (χ3v) is 3.71. The normalized spacial score (nSPS) is 15.3. The molecular weight excluding hydrogens is 437 g/mol. The average molecular weight is 463 g/mol. The maximum atomic E-state index is 10.8. The van der Waals surface area contributed by atoms with Crippen LogP contribution < -0.4 is 10.6 Å². The summed E-state index contributed by atoms with van der Waals surface area (Å²) in [5, 5.41) is 17.3. The predicted molar refractivity (Wildman–Crippen MR) is 109 cm³/mol. The minimum atomic E-state index is -0.390. The molecular formula is C16H26IN5O3. The number of nitrogens with zero attached hydrogens (tertiary/aromatic N) is 3. The summed E-state index contributed by atoms with van der Waals surface area (Å²) in [6.45, 7) is 8.40. The summed E-state index contributed by atoms with van der Waals surface area (Å²) in [6, 6.07) is 6.56. The van der Waals surface area contributed by atoms with Crippen molar-refractivity contribution in [2.45, 2.75) is 13.5 Å². The molecule has 0 bridgehead atoms. The lowest BCUT2D eigenvalue weighted by Crippen LogP contribution is -2.44. The van der Waals surface area contributed by atoms with E-state index in [1.54, 1.807) is 12.1 Å². The van der Waals surface area contributed by atoms with E-state index in [0.717, 1.165) is 57.5 Å². The van der Waals surface area contributed by atoms with Crippen LogP contribution >= 0.6 is 24.0 Å². The van der Waals surface area contributed by atoms with Crippen molar-refractivity contribution < 1.29 is 9.66 Å². The van der Waals surface area contributed by atoms with Crippen LogP contribution in [0, 0.1) is 10.1 Å². The third kappa shape index (κ3) is 7.97. The first-order chi connectivity index (χ1) is 11.7. The zero-order valence-electron chi connectivity index (χ0n) is 14.4. The zero-order chi connectivity index (χ0) is 17.2. The molecule has 0 unspecified atom stereocenters. The molecule has 1 aliphatic rings. The van der Waals surface area contributed by atoms with E-state index in [9.17, 15) is 10.1 Å². The SMILES string of the molecule is CCNC(=NCc1cccc([N+](=O)[O-])c1)NCCN1CCOCC1.I. The fourth-order valence-electron chi connectivity index (χ4n) is 2.44. The molecule has 1 saturated heterocycles. The van der Waals surface area contributed by atoms with E-state index >= 15 is 0 Å². The molecule has 1 aromatic rings. The lowest BCUT2D eigenvalue weighted by Gasteiger charge is -2.26. The number of nitro groups is 1. The number of ether oxygens (including phenoxy) is 1. The number of non-ortho nitro benzene ring substituents is 1. The van der Waals surface area contributed by atoms with Crippen LogP contribution in [-0.2, 0) is 11.3 Å². The van der Waals surface area contributed by atoms with E-state index in [4.69, 9.17) is 4.74 Å². The van der Waals surface area contributed by atoms with Crippen LogP contribution in [0.15, 0.2) is 29.3 Å². The molecule has 1 heterocycles. The smallest absolute Gasteiger partial charge is 0.269 e. The Morgan fingerprint density at radius 3 is 2.80 bits per heavy atom. The highest BCUT2D eigenvalue weighted by Crippen LogP contribution is 2.13. The van der Waals surface area contributed by atoms with Gasteiger partial charge in [-0.25, -0.2) is 4.99 Å². The van der Waals surface area contributed by atoms with Crippen LogP contribution in [0.3, 0.4) is 0 Å². The number of guanidine groups is 1. The van der Waals surface area contributed by atoms with Crippen molar-refractivity contribution in [1.29, 1.82) is 0 Å². The maximum Gasteiger partial charge on any atom is 0.269 e. The number of benzene rings is 1. The van der Waals surface area contributed by atoms with Gasteiger partial charge in [0, 0.05) is 44.9 Å². The van der Waals surface area contributed by atoms with E-state index in [-0.39, 0.29) is 34.6 Å². The summed E-state index contributed by atoms with van der Waals surface area (Å²) in [7, 11) is 0. The second kappa shape index (κ2) is 12.0. The largest absolute Gasteiger partial charge is 0.379 e. The molecule has 1 aliphatic heterocycles. The molecule has 0 aromatic heterocycles. The lowest BCUT2D eigenvalue weighted by atomic mass is 10.2. The summed E-state index contributed by atoms with van der Waals surface area (Å²) < 4.78 is 5.33. The molecule has 0 radical (unpaired) electrons. The van der Waals surface area contributed by atoms with Gasteiger partial charge in [-0.3, -0.25) is 15.0 Å². The van der Waals surface area contributed by atoms with Gasteiger partial charge in [-0.15, -0.1) is 24.0 Å². The Morgan fingerprint density at radius 2 is 2.12 bits per heavy atom. The quantitative estimate of drug-likeness (QED) is 0.210. The number of hydrogen-bond acceptors (Lipinski definition) is 5. The highest BCUT2D eigenvalue weighted by Gasteiger charge is 2.10. The van der Waals surface area contributed by atoms with Crippen LogP contribution in [-0.4, -0.2) is 61.7 Å². The zero-order valence-corrected chi connectivity index (χ0v) is 16.8. The van der Waals surface area contributed by atoms with Crippen molar-refractivity contribution in [1.82, 2.24) is 15.5 Å². The van der Waals surface area contributed by atoms with Gasteiger partial charge in [0.2, 0.25) is 0 Å². The minimum Gasteiger partial charge on any atom is -0.379 e. The summed E-state index contributed by atoms with van der Waals surface area (Å²) in [5.74, 6) is 0.720. The minimum absolute atomic E-state index is 0. The number of hydrogen-bond donors (Lipinski definition) is 2. The lowest BCUT2D eigenvalue weighted by molar-refractivity contribution is -0.384. The van der Waals surface area contributed by atoms with Gasteiger partial charge < -0.3 is 15.4 Å². The number of nitro benzene ring substituents is 1. The second-order valence-corrected chi connectivity index (χ2v) is 5.50. The first kappa shape index (κ1) is 21.6. The Morgan fingerprint density at radius 1 is 1.36 bits per heavy atom. The van der Waals surface area contributed by atoms with Crippen molar-refractivity contribution in [3.63, 3.8) is 0 Å². The number of morpholine rings is 1. The molecule has 0 atom stereocenters. The highest BCUT2D eigenvalue weighted by atomic mass is 127. The topological polar surface area (TPSA) is 92.0 Å². The first-order valence-electron chi connectivity index (χ1n) is 8.24. The Balaban J connectivity index is 0.00000312. The Labute approximate surface area is 165 Å². The van der Waals surface area contributed by atoms with Gasteiger partial charge in [0.15, 0.2) is 5.96 Å². The van der Waals surface area contributed by atoms with Gasteiger partial charge in [-0.05, 0) is 12.5 Å². The first-order valence-corrected chi connectivity index (χ1v) is 8.24. The number of halogens is 1. The standard InChI is InChI=1S/C16H25N5O3.HI/c1-2-17-16(18-6-7-20-8-10-24-11-9-20)19-13-14-4-3-5-15(12-14)21(22)23;/h3-5,12H,2,6-11,13H2,1H3,(H2,17,18,19);1H. The van der Waals surface area contributed by atoms with Gasteiger partial charge in [0.25, 0.3) is 5.69 Å². The van der Waals surface area contributed by atoms with E-state index in [1.807, 2.05) is 13.0 Å². The maximum absolute atomic E-state index is 10.8. The molecule has 0 spiro atoms. The van der Waals surface area contributed by atoms with Crippen molar-refractivity contribution in [2.24, 2.45) is 4.99 Å². The monoisotopic (exact) mass is 463 g/mol. The van der Waals surface area contributed by atoms with Crippen LogP contribution in [0.1, 0.15) is 12.5 Å². The molecule has 0 aliphatic carbocycles. The van der Waals surface area contributed by atoms with E-state index < -0.39 is 0 Å². The van der Waals surface area contributed by atoms with Gasteiger partial charge in [0.1, 0.15) is 0 Å². The van der Waals surface area contributed by atoms with E-state index in [2.05, 4.69) is 20.5 Å². The molecule has 1 aromatic carbocycles. The fourth-order valence-corrected chi connectivity index (χ4v) is 2.44. The van der Waals surface area contributed by atoms with Gasteiger partial charge in [0.05, 0.1) is 24.7 Å². The summed E-state index contributed by atoms with van der Waals surface area (Å²) >= 11 is 0. The molecule has 0 saturated carbocycles. The highest BCUT2D eigenvalue weighted by molar-refractivity contribution is 14.0. The Kier molecular flexibility index (Phi) is 10.3. The van der Waals surface area contributed by atoms with Crippen LogP contribution in [0.4, 0.5) is 5.69 Å². The Hall–Kier alpha value is -1.46. The molecule has 140 valence electrons. The van der Waals surface area contributed by atoms with Crippen molar-refractivity contribution >= 4 is 35.6 Å². The van der Waals surface area contributed by atoms with E-state index in [1.165, 1.54) is 6.07 Å². The van der Waals surface area contributed by atoms with Crippen molar-refractivity contribution in [3.8, 4) is 0 Å². The number of aliphatic imine (C=N–C) groups is 1. The number of rotatable bonds is 7. The van der Waals surface area contributed by atoms with Crippen LogP contribution in [0.2, 0.25) is 0 Å². The Bertz CT molecular complexity index is 564. The van der Waals surface area contributed by atoms with Crippen LogP contribution in [0.5, 0.6) is 0 Å². The molecule has 25 heavy (non-hydrogen) atoms. The number of nitrogens with one attached hydrogen (secondary N) is 2. The molecule has 1 fully saturated rings. The third-order valence-electron chi connectivity index (χ3n) is 3.71. The second-order valence-electron chi connectivity index (χ2n) is 5.50. The molecule has 0 amide bonds. The van der Waals surface area contributed by atoms with Gasteiger partial charge >= 0.3 is 0 Å². The van der Waals surface area contributed by atoms with Gasteiger partial charge in [-0.2, -0.15) is 0 Å². The van der Waals surface area contributed by atoms with Crippen LogP contribution in [0.25, 0.3) is 0 Å². The average Bonchev–Trinajstić information content (AvgIpc) is 2.61. The molecule has 2 N–H and O–H groups in total. The van der Waals surface area contributed by atoms with Crippen molar-refractivity contribution in [2.75, 3.05) is 45.9 Å². The summed E-state index contributed by atoms with van der Waals surface area (Å²) in [5.41, 5.74) is 0.905. The molecule has 2 rings (SSSR count). The molecule has 9 heteroatoms. The predicted octanol–water partition coefficient (Wildman–Crippen LogP) is 1.60. The van der Waals surface area contributed by atoms with E-state index in [0.29, 0.717) is 6.54 Å². The summed E-state index contributed by atoms with van der Waals surface area (Å²) in [6.07, 6.45) is 0. The van der Waals surface area contributed by atoms with Crippen molar-refractivity contribution in [3.05, 3.63) is 39.9 Å². The fraction of sp³-hybridized carbons (Fsp3) is 0.562. The molecule has 8 nitrogen and oxygen atoms in total.